The van der Waals surface area contributed by atoms with E-state index >= 15 is 0 Å². The van der Waals surface area contributed by atoms with Crippen LogP contribution in [0.4, 0.5) is 13.2 Å². The first kappa shape index (κ1) is 17.2. The van der Waals surface area contributed by atoms with Crippen LogP contribution < -0.4 is 0 Å². The molecule has 2 aliphatic heterocycles. The van der Waals surface area contributed by atoms with Gasteiger partial charge >= 0.3 is 0 Å². The highest BCUT2D eigenvalue weighted by molar-refractivity contribution is 5.79. The minimum Gasteiger partial charge on any atom is -0.381 e. The monoisotopic (exact) mass is 342 g/mol. The molecule has 2 saturated heterocycles. The highest BCUT2D eigenvalue weighted by Gasteiger charge is 2.25. The van der Waals surface area contributed by atoms with Crippen molar-refractivity contribution in [3.05, 3.63) is 35.1 Å². The number of piperazine rings is 1. The largest absolute Gasteiger partial charge is 0.381 e. The Bertz CT molecular complexity index is 598. The summed E-state index contributed by atoms with van der Waals surface area (Å²) in [6.45, 7) is 5.26. The van der Waals surface area contributed by atoms with Crippen LogP contribution in [-0.2, 0) is 16.0 Å². The summed E-state index contributed by atoms with van der Waals surface area (Å²) in [7, 11) is 0. The van der Waals surface area contributed by atoms with Gasteiger partial charge in [0.1, 0.15) is 5.82 Å². The van der Waals surface area contributed by atoms with E-state index in [0.717, 1.165) is 45.3 Å². The number of rotatable bonds is 4. The fraction of sp³-hybridized carbons (Fsp3) is 0.588. The number of hydrogen-bond acceptors (Lipinski definition) is 3. The summed E-state index contributed by atoms with van der Waals surface area (Å²) >= 11 is 0. The van der Waals surface area contributed by atoms with E-state index in [4.69, 9.17) is 4.74 Å². The number of amides is 1. The van der Waals surface area contributed by atoms with Crippen molar-refractivity contribution >= 4 is 5.91 Å². The van der Waals surface area contributed by atoms with Gasteiger partial charge in [0.2, 0.25) is 5.91 Å². The first-order valence-electron chi connectivity index (χ1n) is 8.24. The van der Waals surface area contributed by atoms with Gasteiger partial charge in [0, 0.05) is 51.0 Å². The van der Waals surface area contributed by atoms with Gasteiger partial charge in [-0.3, -0.25) is 9.69 Å². The lowest BCUT2D eigenvalue weighted by molar-refractivity contribution is -0.132. The molecule has 132 valence electrons. The molecule has 0 N–H and O–H groups in total. The molecule has 0 aromatic heterocycles. The Morgan fingerprint density at radius 1 is 1.08 bits per heavy atom. The molecule has 1 aromatic carbocycles. The first-order chi connectivity index (χ1) is 11.5. The highest BCUT2D eigenvalue weighted by Crippen LogP contribution is 2.17. The van der Waals surface area contributed by atoms with Crippen LogP contribution >= 0.6 is 0 Å². The number of ether oxygens (including phenoxy) is 1. The predicted molar refractivity (Wildman–Crippen MR) is 82.0 cm³/mol. The highest BCUT2D eigenvalue weighted by atomic mass is 19.2. The minimum atomic E-state index is -1.24. The molecule has 1 amide bonds. The van der Waals surface area contributed by atoms with Crippen molar-refractivity contribution < 1.29 is 22.7 Å². The van der Waals surface area contributed by atoms with Crippen molar-refractivity contribution in [1.29, 1.82) is 0 Å². The number of halogens is 3. The van der Waals surface area contributed by atoms with Crippen LogP contribution in [0.1, 0.15) is 12.0 Å². The number of hydrogen-bond donors (Lipinski definition) is 0. The third-order valence-electron chi connectivity index (χ3n) is 4.70. The van der Waals surface area contributed by atoms with Crippen molar-refractivity contribution in [1.82, 2.24) is 9.80 Å². The molecule has 7 heteroatoms. The molecule has 0 radical (unpaired) electrons. The topological polar surface area (TPSA) is 32.8 Å². The summed E-state index contributed by atoms with van der Waals surface area (Å²) in [5.74, 6) is -2.97. The van der Waals surface area contributed by atoms with E-state index in [1.165, 1.54) is 0 Å². The summed E-state index contributed by atoms with van der Waals surface area (Å²) in [4.78, 5) is 16.2. The third-order valence-corrected chi connectivity index (χ3v) is 4.70. The number of benzene rings is 1. The van der Waals surface area contributed by atoms with E-state index in [1.807, 2.05) is 0 Å². The molecule has 24 heavy (non-hydrogen) atoms. The second-order valence-electron chi connectivity index (χ2n) is 6.45. The van der Waals surface area contributed by atoms with Gasteiger partial charge in [0.15, 0.2) is 11.6 Å². The SMILES string of the molecule is O=C(Cc1cc(F)c(F)cc1F)N1CCN(C[C@@H]2CCOC2)CC1. The molecule has 0 aliphatic carbocycles. The Kier molecular flexibility index (Phi) is 5.40. The molecule has 2 heterocycles. The molecular formula is C17H21F3N2O2. The zero-order chi connectivity index (χ0) is 17.1. The van der Waals surface area contributed by atoms with Crippen LogP contribution in [0.15, 0.2) is 12.1 Å². The lowest BCUT2D eigenvalue weighted by Crippen LogP contribution is -2.50. The predicted octanol–water partition coefficient (Wildman–Crippen LogP) is 1.83. The fourth-order valence-electron chi connectivity index (χ4n) is 3.25. The molecule has 1 atom stereocenters. The Labute approximate surface area is 139 Å². The van der Waals surface area contributed by atoms with Crippen molar-refractivity contribution in [2.45, 2.75) is 12.8 Å². The van der Waals surface area contributed by atoms with Crippen molar-refractivity contribution in [3.8, 4) is 0 Å². The molecule has 0 spiro atoms. The number of carbonyl (C=O) groups excluding carboxylic acids is 1. The third kappa shape index (κ3) is 4.08. The molecule has 4 nitrogen and oxygen atoms in total. The lowest BCUT2D eigenvalue weighted by Gasteiger charge is -2.35. The fourth-order valence-corrected chi connectivity index (χ4v) is 3.25. The smallest absolute Gasteiger partial charge is 0.227 e. The van der Waals surface area contributed by atoms with Crippen LogP contribution in [0.25, 0.3) is 0 Å². The zero-order valence-electron chi connectivity index (χ0n) is 13.4. The maximum Gasteiger partial charge on any atom is 0.227 e. The van der Waals surface area contributed by atoms with Gasteiger partial charge in [-0.25, -0.2) is 13.2 Å². The molecule has 2 fully saturated rings. The van der Waals surface area contributed by atoms with Crippen LogP contribution in [-0.4, -0.2) is 61.6 Å². The van der Waals surface area contributed by atoms with Crippen molar-refractivity contribution in [2.24, 2.45) is 5.92 Å². The van der Waals surface area contributed by atoms with E-state index in [-0.39, 0.29) is 17.9 Å². The van der Waals surface area contributed by atoms with Crippen LogP contribution in [0, 0.1) is 23.4 Å². The maximum absolute atomic E-state index is 13.6. The van der Waals surface area contributed by atoms with Gasteiger partial charge in [0.05, 0.1) is 13.0 Å². The molecule has 3 rings (SSSR count). The van der Waals surface area contributed by atoms with E-state index in [9.17, 15) is 18.0 Å². The van der Waals surface area contributed by atoms with E-state index in [1.54, 1.807) is 4.90 Å². The van der Waals surface area contributed by atoms with Crippen LogP contribution in [0.2, 0.25) is 0 Å². The Morgan fingerprint density at radius 3 is 2.46 bits per heavy atom. The van der Waals surface area contributed by atoms with Crippen LogP contribution in [0.5, 0.6) is 0 Å². The number of carbonyl (C=O) groups is 1. The Morgan fingerprint density at radius 2 is 1.79 bits per heavy atom. The standard InChI is InChI=1S/C17H21F3N2O2/c18-14-9-16(20)15(19)7-13(14)8-17(23)22-4-2-21(3-5-22)10-12-1-6-24-11-12/h7,9,12H,1-6,8,10-11H2/t12-/m0/s1. The molecule has 0 unspecified atom stereocenters. The zero-order valence-corrected chi connectivity index (χ0v) is 13.4. The van der Waals surface area contributed by atoms with Crippen molar-refractivity contribution in [3.63, 3.8) is 0 Å². The summed E-state index contributed by atoms with van der Waals surface area (Å²) in [6, 6.07) is 1.25. The molecular weight excluding hydrogens is 321 g/mol. The summed E-state index contributed by atoms with van der Waals surface area (Å²) < 4.78 is 45.2. The average Bonchev–Trinajstić information content (AvgIpc) is 3.06. The first-order valence-corrected chi connectivity index (χ1v) is 8.24. The van der Waals surface area contributed by atoms with E-state index in [2.05, 4.69) is 4.90 Å². The van der Waals surface area contributed by atoms with E-state index < -0.39 is 17.5 Å². The molecule has 0 saturated carbocycles. The molecule has 1 aromatic rings. The normalized spacial score (nSPS) is 22.1. The Balaban J connectivity index is 1.51. The lowest BCUT2D eigenvalue weighted by atomic mass is 10.1. The van der Waals surface area contributed by atoms with Gasteiger partial charge in [0.25, 0.3) is 0 Å². The Hall–Kier alpha value is -1.60. The van der Waals surface area contributed by atoms with Gasteiger partial charge in [-0.15, -0.1) is 0 Å². The summed E-state index contributed by atoms with van der Waals surface area (Å²) in [5.41, 5.74) is -0.107. The van der Waals surface area contributed by atoms with Crippen LogP contribution in [0.3, 0.4) is 0 Å². The van der Waals surface area contributed by atoms with E-state index in [0.29, 0.717) is 25.1 Å². The molecule has 2 aliphatic rings. The molecule has 0 bridgehead atoms. The van der Waals surface area contributed by atoms with Gasteiger partial charge in [-0.1, -0.05) is 0 Å². The quantitative estimate of drug-likeness (QED) is 0.783. The second kappa shape index (κ2) is 7.53. The average molecular weight is 342 g/mol. The summed E-state index contributed by atoms with van der Waals surface area (Å²) in [5, 5.41) is 0. The van der Waals surface area contributed by atoms with Crippen molar-refractivity contribution in [2.75, 3.05) is 45.9 Å². The summed E-state index contributed by atoms with van der Waals surface area (Å²) in [6.07, 6.45) is 0.827. The second-order valence-corrected chi connectivity index (χ2v) is 6.45. The van der Waals surface area contributed by atoms with Gasteiger partial charge in [-0.2, -0.15) is 0 Å². The number of nitrogens with zero attached hydrogens (tertiary/aromatic N) is 2. The van der Waals surface area contributed by atoms with Gasteiger partial charge < -0.3 is 9.64 Å². The van der Waals surface area contributed by atoms with Gasteiger partial charge in [-0.05, 0) is 18.4 Å². The minimum absolute atomic E-state index is 0.107. The maximum atomic E-state index is 13.6.